The molecule has 1 aromatic heterocycles. The molecule has 1 aliphatic heterocycles. The molecule has 1 unspecified atom stereocenters. The third-order valence-corrected chi connectivity index (χ3v) is 2.77. The Morgan fingerprint density at radius 3 is 3.23 bits per heavy atom. The molecule has 0 spiro atoms. The summed E-state index contributed by atoms with van der Waals surface area (Å²) in [5.74, 6) is 0. The van der Waals surface area contributed by atoms with Gasteiger partial charge in [-0.3, -0.25) is 0 Å². The Kier molecular flexibility index (Phi) is 3.04. The van der Waals surface area contributed by atoms with Crippen molar-refractivity contribution in [2.75, 3.05) is 18.4 Å². The topological polar surface area (TPSA) is 62.7 Å². The lowest BCUT2D eigenvalue weighted by Crippen LogP contribution is -2.39. The van der Waals surface area contributed by atoms with Crippen molar-refractivity contribution >= 4 is 16.7 Å². The lowest BCUT2D eigenvalue weighted by molar-refractivity contribution is 0.414. The summed E-state index contributed by atoms with van der Waals surface area (Å²) in [6.45, 7) is 2.07. The van der Waals surface area contributed by atoms with Gasteiger partial charge in [-0.15, -0.1) is 0 Å². The first-order chi connectivity index (χ1) is 6.45. The summed E-state index contributed by atoms with van der Waals surface area (Å²) >= 11 is 1.30. The maximum atomic E-state index is 3.82. The van der Waals surface area contributed by atoms with Gasteiger partial charge in [0.15, 0.2) is 0 Å². The molecule has 0 amide bonds. The Hall–Kier alpha value is -0.750. The van der Waals surface area contributed by atoms with E-state index in [0.29, 0.717) is 6.04 Å². The molecule has 1 saturated heterocycles. The van der Waals surface area contributed by atoms with Crippen LogP contribution in [0.3, 0.4) is 0 Å². The fourth-order valence-corrected chi connectivity index (χ4v) is 1.88. The molecule has 2 rings (SSSR count). The number of nitrogens with one attached hydrogen (secondary N) is 2. The van der Waals surface area contributed by atoms with Crippen molar-refractivity contribution in [3.05, 3.63) is 0 Å². The van der Waals surface area contributed by atoms with Gasteiger partial charge in [0, 0.05) is 24.1 Å². The van der Waals surface area contributed by atoms with E-state index < -0.39 is 0 Å². The molecular weight excluding hydrogens is 186 g/mol. The number of nitrogens with zero attached hydrogens (tertiary/aromatic N) is 3. The van der Waals surface area contributed by atoms with Gasteiger partial charge in [0.2, 0.25) is 5.13 Å². The van der Waals surface area contributed by atoms with Crippen LogP contribution in [0, 0.1) is 0 Å². The monoisotopic (exact) mass is 199 g/mol. The molecule has 5 nitrogen and oxygen atoms in total. The highest BCUT2D eigenvalue weighted by Gasteiger charge is 2.12. The summed E-state index contributed by atoms with van der Waals surface area (Å²) in [7, 11) is 0. The highest BCUT2D eigenvalue weighted by Crippen LogP contribution is 2.09. The molecule has 1 fully saturated rings. The molecule has 0 aliphatic carbocycles. The fourth-order valence-electron chi connectivity index (χ4n) is 1.51. The first kappa shape index (κ1) is 8.83. The third kappa shape index (κ3) is 2.60. The van der Waals surface area contributed by atoms with Gasteiger partial charge in [-0.2, -0.15) is 0 Å². The number of hydrogen-bond donors (Lipinski definition) is 2. The summed E-state index contributed by atoms with van der Waals surface area (Å²) in [5, 5.41) is 14.8. The summed E-state index contributed by atoms with van der Waals surface area (Å²) in [5.41, 5.74) is 0. The SMILES string of the molecule is C1CCC(CNc2nnns2)NC1. The number of rotatable bonds is 3. The van der Waals surface area contributed by atoms with Crippen molar-refractivity contribution in [2.24, 2.45) is 0 Å². The quantitative estimate of drug-likeness (QED) is 0.741. The molecular formula is C7H13N5S. The Balaban J connectivity index is 1.72. The molecule has 0 radical (unpaired) electrons. The van der Waals surface area contributed by atoms with Crippen LogP contribution in [0.1, 0.15) is 19.3 Å². The van der Waals surface area contributed by atoms with Gasteiger partial charge in [0.25, 0.3) is 0 Å². The Labute approximate surface area is 81.1 Å². The van der Waals surface area contributed by atoms with Crippen LogP contribution < -0.4 is 10.6 Å². The highest BCUT2D eigenvalue weighted by molar-refractivity contribution is 7.09. The zero-order valence-corrected chi connectivity index (χ0v) is 8.18. The van der Waals surface area contributed by atoms with Crippen LogP contribution in [0.4, 0.5) is 5.13 Å². The molecule has 1 atom stereocenters. The van der Waals surface area contributed by atoms with Crippen molar-refractivity contribution in [1.82, 2.24) is 20.1 Å². The van der Waals surface area contributed by atoms with E-state index in [-0.39, 0.29) is 0 Å². The second-order valence-corrected chi connectivity index (χ2v) is 3.93. The molecule has 0 aromatic carbocycles. The van der Waals surface area contributed by atoms with Crippen LogP contribution in [-0.4, -0.2) is 33.9 Å². The molecule has 13 heavy (non-hydrogen) atoms. The lowest BCUT2D eigenvalue weighted by Gasteiger charge is -2.23. The van der Waals surface area contributed by atoms with E-state index in [4.69, 9.17) is 0 Å². The average Bonchev–Trinajstić information content (AvgIpc) is 2.69. The minimum atomic E-state index is 0.581. The van der Waals surface area contributed by atoms with E-state index in [0.717, 1.165) is 18.2 Å². The zero-order valence-electron chi connectivity index (χ0n) is 7.36. The largest absolute Gasteiger partial charge is 0.357 e. The Morgan fingerprint density at radius 2 is 2.54 bits per heavy atom. The third-order valence-electron chi connectivity index (χ3n) is 2.21. The van der Waals surface area contributed by atoms with Gasteiger partial charge >= 0.3 is 0 Å². The Morgan fingerprint density at radius 1 is 1.54 bits per heavy atom. The van der Waals surface area contributed by atoms with Gasteiger partial charge in [0.05, 0.1) is 0 Å². The molecule has 0 bridgehead atoms. The van der Waals surface area contributed by atoms with E-state index >= 15 is 0 Å². The van der Waals surface area contributed by atoms with Gasteiger partial charge in [-0.25, -0.2) is 0 Å². The normalized spacial score (nSPS) is 22.9. The first-order valence-corrected chi connectivity index (χ1v) is 5.35. The standard InChI is InChI=1S/C7H13N5S/c1-2-4-8-6(3-1)5-9-7-10-11-12-13-7/h6,8H,1-5H2,(H,9,10,12). The van der Waals surface area contributed by atoms with Gasteiger partial charge in [-0.1, -0.05) is 16.0 Å². The molecule has 1 aromatic rings. The van der Waals surface area contributed by atoms with E-state index in [1.54, 1.807) is 0 Å². The van der Waals surface area contributed by atoms with Crippen LogP contribution in [-0.2, 0) is 0 Å². The second-order valence-electron chi connectivity index (χ2n) is 3.20. The van der Waals surface area contributed by atoms with E-state index in [2.05, 4.69) is 25.4 Å². The van der Waals surface area contributed by atoms with E-state index in [9.17, 15) is 0 Å². The van der Waals surface area contributed by atoms with Gasteiger partial charge in [0.1, 0.15) is 0 Å². The smallest absolute Gasteiger partial charge is 0.225 e. The zero-order chi connectivity index (χ0) is 8.93. The number of aromatic nitrogens is 3. The number of anilines is 1. The maximum Gasteiger partial charge on any atom is 0.225 e. The van der Waals surface area contributed by atoms with Gasteiger partial charge < -0.3 is 10.6 Å². The van der Waals surface area contributed by atoms with Gasteiger partial charge in [-0.05, 0) is 24.6 Å². The van der Waals surface area contributed by atoms with Crippen molar-refractivity contribution in [3.8, 4) is 0 Å². The average molecular weight is 199 g/mol. The molecule has 6 heteroatoms. The summed E-state index contributed by atoms with van der Waals surface area (Å²) in [6.07, 6.45) is 3.88. The predicted octanol–water partition coefficient (Wildman–Crippen LogP) is 0.487. The number of hydrogen-bond acceptors (Lipinski definition) is 6. The van der Waals surface area contributed by atoms with Crippen molar-refractivity contribution in [3.63, 3.8) is 0 Å². The summed E-state index contributed by atoms with van der Waals surface area (Å²) in [6, 6.07) is 0.581. The van der Waals surface area contributed by atoms with E-state index in [1.165, 1.54) is 30.8 Å². The maximum absolute atomic E-state index is 3.82. The first-order valence-electron chi connectivity index (χ1n) is 4.57. The molecule has 1 aliphatic rings. The highest BCUT2D eigenvalue weighted by atomic mass is 32.1. The molecule has 72 valence electrons. The summed E-state index contributed by atoms with van der Waals surface area (Å²) < 4.78 is 3.68. The van der Waals surface area contributed by atoms with E-state index in [1.807, 2.05) is 0 Å². The van der Waals surface area contributed by atoms with Crippen LogP contribution >= 0.6 is 11.5 Å². The molecule has 0 saturated carbocycles. The van der Waals surface area contributed by atoms with Crippen molar-refractivity contribution in [2.45, 2.75) is 25.3 Å². The van der Waals surface area contributed by atoms with Crippen LogP contribution in [0.25, 0.3) is 0 Å². The molecule has 2 N–H and O–H groups in total. The second kappa shape index (κ2) is 4.48. The summed E-state index contributed by atoms with van der Waals surface area (Å²) in [4.78, 5) is 0. The Bertz CT molecular complexity index is 231. The van der Waals surface area contributed by atoms with Crippen LogP contribution in [0.2, 0.25) is 0 Å². The van der Waals surface area contributed by atoms with Crippen LogP contribution in [0.5, 0.6) is 0 Å². The van der Waals surface area contributed by atoms with Crippen molar-refractivity contribution in [1.29, 1.82) is 0 Å². The fraction of sp³-hybridized carbons (Fsp3) is 0.857. The van der Waals surface area contributed by atoms with Crippen LogP contribution in [0.15, 0.2) is 0 Å². The molecule has 2 heterocycles. The lowest BCUT2D eigenvalue weighted by atomic mass is 10.1. The van der Waals surface area contributed by atoms with Crippen molar-refractivity contribution < 1.29 is 0 Å². The minimum Gasteiger partial charge on any atom is -0.357 e. The number of piperidine rings is 1. The minimum absolute atomic E-state index is 0.581. The predicted molar refractivity (Wildman–Crippen MR) is 51.8 cm³/mol.